The second-order valence-corrected chi connectivity index (χ2v) is 8.66. The van der Waals surface area contributed by atoms with Crippen LogP contribution in [0.15, 0.2) is 33.9 Å². The number of nitrogens with one attached hydrogen (secondary N) is 2. The smallest absolute Gasteiger partial charge is 0.350 e. The van der Waals surface area contributed by atoms with E-state index >= 15 is 0 Å². The number of aliphatic carboxylic acids is 1. The van der Waals surface area contributed by atoms with E-state index in [1.807, 2.05) is 0 Å². The minimum Gasteiger partial charge on any atom is -0.478 e. The van der Waals surface area contributed by atoms with Gasteiger partial charge in [-0.15, -0.1) is 0 Å². The third-order valence-corrected chi connectivity index (χ3v) is 6.46. The Morgan fingerprint density at radius 1 is 1.09 bits per heavy atom. The topological polar surface area (TPSA) is 105 Å². The molecule has 0 spiro atoms. The highest BCUT2D eigenvalue weighted by atomic mass is 19.1. The number of carboxylic acids is 1. The maximum Gasteiger partial charge on any atom is 0.350 e. The standard InChI is InChI=1S/C23H29FN4O4/c24-18-13-17-20(14-19(18)26-15-7-2-1-3-8-15)27(16-9-4-5-10-16)23(32)28(22(17)31)25-12-6-11-21(29)30/h6,11,13-16,25-26H,1-5,7-10,12H2,(H,29,30)/b11-6+. The van der Waals surface area contributed by atoms with Crippen LogP contribution in [0, 0.1) is 5.82 Å². The van der Waals surface area contributed by atoms with Gasteiger partial charge < -0.3 is 15.8 Å². The minimum absolute atomic E-state index is 0.0264. The summed E-state index contributed by atoms with van der Waals surface area (Å²) in [7, 11) is 0. The molecule has 2 aliphatic carbocycles. The lowest BCUT2D eigenvalue weighted by atomic mass is 9.95. The molecule has 172 valence electrons. The lowest BCUT2D eigenvalue weighted by molar-refractivity contribution is -0.131. The number of aromatic nitrogens is 2. The molecule has 9 heteroatoms. The number of hydrogen-bond acceptors (Lipinski definition) is 5. The number of carbonyl (C=O) groups is 1. The van der Waals surface area contributed by atoms with Gasteiger partial charge >= 0.3 is 11.7 Å². The second-order valence-electron chi connectivity index (χ2n) is 8.66. The van der Waals surface area contributed by atoms with E-state index in [-0.39, 0.29) is 24.0 Å². The van der Waals surface area contributed by atoms with Gasteiger partial charge in [0.05, 0.1) is 23.1 Å². The normalized spacial score (nSPS) is 17.9. The number of halogens is 1. The largest absolute Gasteiger partial charge is 0.478 e. The summed E-state index contributed by atoms with van der Waals surface area (Å²) in [6.07, 6.45) is 11.2. The summed E-state index contributed by atoms with van der Waals surface area (Å²) in [6.45, 7) is -0.0264. The number of benzene rings is 1. The van der Waals surface area contributed by atoms with Crippen LogP contribution in [0.4, 0.5) is 10.1 Å². The van der Waals surface area contributed by atoms with E-state index in [0.29, 0.717) is 11.2 Å². The zero-order valence-electron chi connectivity index (χ0n) is 18.0. The molecule has 2 saturated carbocycles. The summed E-state index contributed by atoms with van der Waals surface area (Å²) in [5.41, 5.74) is 2.27. The van der Waals surface area contributed by atoms with E-state index in [4.69, 9.17) is 5.11 Å². The van der Waals surface area contributed by atoms with Crippen molar-refractivity contribution in [3.8, 4) is 0 Å². The summed E-state index contributed by atoms with van der Waals surface area (Å²) in [6, 6.07) is 2.93. The van der Waals surface area contributed by atoms with Gasteiger partial charge in [-0.1, -0.05) is 38.2 Å². The van der Waals surface area contributed by atoms with Crippen molar-refractivity contribution in [2.24, 2.45) is 0 Å². The van der Waals surface area contributed by atoms with Crippen molar-refractivity contribution >= 4 is 22.6 Å². The Balaban J connectivity index is 1.79. The molecule has 0 atom stereocenters. The second kappa shape index (κ2) is 9.58. The van der Waals surface area contributed by atoms with Gasteiger partial charge in [0.15, 0.2) is 0 Å². The Labute approximate surface area is 184 Å². The van der Waals surface area contributed by atoms with Crippen molar-refractivity contribution in [3.05, 3.63) is 50.9 Å². The number of carboxylic acid groups (broad SMARTS) is 1. The lowest BCUT2D eigenvalue weighted by Crippen LogP contribution is -2.46. The van der Waals surface area contributed by atoms with Crippen LogP contribution in [0.5, 0.6) is 0 Å². The molecule has 0 aliphatic heterocycles. The van der Waals surface area contributed by atoms with Gasteiger partial charge in [0.25, 0.3) is 5.56 Å². The summed E-state index contributed by atoms with van der Waals surface area (Å²) < 4.78 is 17.5. The van der Waals surface area contributed by atoms with Crippen LogP contribution in [-0.4, -0.2) is 32.9 Å². The Bertz CT molecular complexity index is 1140. The molecule has 3 N–H and O–H groups in total. The maximum atomic E-state index is 15.0. The minimum atomic E-state index is -1.12. The molecule has 0 amide bonds. The molecule has 0 radical (unpaired) electrons. The summed E-state index contributed by atoms with van der Waals surface area (Å²) in [4.78, 5) is 37.0. The number of hydrogen-bond donors (Lipinski definition) is 3. The fourth-order valence-electron chi connectivity index (χ4n) is 4.89. The zero-order chi connectivity index (χ0) is 22.7. The molecule has 2 aliphatic rings. The molecule has 2 aromatic rings. The van der Waals surface area contributed by atoms with Gasteiger partial charge in [-0.2, -0.15) is 4.68 Å². The Morgan fingerprint density at radius 3 is 2.47 bits per heavy atom. The van der Waals surface area contributed by atoms with Crippen LogP contribution in [0.25, 0.3) is 10.9 Å². The quantitative estimate of drug-likeness (QED) is 0.566. The molecule has 0 saturated heterocycles. The highest BCUT2D eigenvalue weighted by Crippen LogP contribution is 2.32. The molecular formula is C23H29FN4O4. The third kappa shape index (κ3) is 4.56. The fraction of sp³-hybridized carbons (Fsp3) is 0.522. The van der Waals surface area contributed by atoms with Crippen LogP contribution in [0.2, 0.25) is 0 Å². The Kier molecular flexibility index (Phi) is 6.62. The molecule has 4 rings (SSSR count). The molecule has 0 bridgehead atoms. The van der Waals surface area contributed by atoms with Crippen LogP contribution in [-0.2, 0) is 4.79 Å². The first kappa shape index (κ1) is 22.1. The Morgan fingerprint density at radius 2 is 1.78 bits per heavy atom. The van der Waals surface area contributed by atoms with Gasteiger partial charge in [0.2, 0.25) is 0 Å². The van der Waals surface area contributed by atoms with E-state index in [0.717, 1.165) is 62.1 Å². The number of fused-ring (bicyclic) bond motifs is 1. The van der Waals surface area contributed by atoms with Gasteiger partial charge in [-0.3, -0.25) is 9.36 Å². The van der Waals surface area contributed by atoms with Crippen molar-refractivity contribution in [3.63, 3.8) is 0 Å². The van der Waals surface area contributed by atoms with Gasteiger partial charge in [-0.25, -0.2) is 14.0 Å². The predicted molar refractivity (Wildman–Crippen MR) is 121 cm³/mol. The summed E-state index contributed by atoms with van der Waals surface area (Å²) in [5, 5.41) is 12.1. The van der Waals surface area contributed by atoms with Crippen LogP contribution < -0.4 is 22.0 Å². The van der Waals surface area contributed by atoms with Gasteiger partial charge in [0.1, 0.15) is 5.82 Å². The van der Waals surface area contributed by atoms with Crippen LogP contribution in [0.3, 0.4) is 0 Å². The van der Waals surface area contributed by atoms with Crippen molar-refractivity contribution in [2.45, 2.75) is 69.9 Å². The van der Waals surface area contributed by atoms with Gasteiger partial charge in [-0.05, 0) is 37.8 Å². The third-order valence-electron chi connectivity index (χ3n) is 6.46. The molecular weight excluding hydrogens is 415 g/mol. The van der Waals surface area contributed by atoms with Crippen molar-refractivity contribution in [1.29, 1.82) is 0 Å². The van der Waals surface area contributed by atoms with Gasteiger partial charge in [0, 0.05) is 18.2 Å². The first-order chi connectivity index (χ1) is 15.5. The van der Waals surface area contributed by atoms with E-state index in [2.05, 4.69) is 10.7 Å². The summed E-state index contributed by atoms with van der Waals surface area (Å²) >= 11 is 0. The number of nitrogens with zero attached hydrogens (tertiary/aromatic N) is 2. The van der Waals surface area contributed by atoms with E-state index < -0.39 is 23.0 Å². The zero-order valence-corrected chi connectivity index (χ0v) is 18.0. The highest BCUT2D eigenvalue weighted by molar-refractivity contribution is 5.82. The number of anilines is 1. The Hall–Kier alpha value is -3.10. The van der Waals surface area contributed by atoms with E-state index in [9.17, 15) is 18.8 Å². The molecule has 0 unspecified atom stereocenters. The SMILES string of the molecule is O=C(O)/C=C/CNn1c(=O)c2cc(F)c(NC3CCCCC3)cc2n(C2CCCC2)c1=O. The first-order valence-corrected chi connectivity index (χ1v) is 11.4. The van der Waals surface area contributed by atoms with Crippen LogP contribution in [0.1, 0.15) is 63.8 Å². The summed E-state index contributed by atoms with van der Waals surface area (Å²) in [5.74, 6) is -1.64. The molecule has 1 heterocycles. The monoisotopic (exact) mass is 444 g/mol. The van der Waals surface area contributed by atoms with Crippen molar-refractivity contribution < 1.29 is 14.3 Å². The average Bonchev–Trinajstić information content (AvgIpc) is 3.29. The highest BCUT2D eigenvalue weighted by Gasteiger charge is 2.25. The maximum absolute atomic E-state index is 15.0. The molecule has 1 aromatic carbocycles. The number of rotatable bonds is 7. The van der Waals surface area contributed by atoms with Crippen molar-refractivity contribution in [2.75, 3.05) is 17.3 Å². The van der Waals surface area contributed by atoms with Crippen LogP contribution >= 0.6 is 0 Å². The van der Waals surface area contributed by atoms with Crippen molar-refractivity contribution in [1.82, 2.24) is 9.24 Å². The molecule has 32 heavy (non-hydrogen) atoms. The first-order valence-electron chi connectivity index (χ1n) is 11.4. The lowest BCUT2D eigenvalue weighted by Gasteiger charge is -2.25. The molecule has 8 nitrogen and oxygen atoms in total. The predicted octanol–water partition coefficient (Wildman–Crippen LogP) is 3.35. The average molecular weight is 445 g/mol. The fourth-order valence-corrected chi connectivity index (χ4v) is 4.89. The molecule has 2 fully saturated rings. The van der Waals surface area contributed by atoms with E-state index in [1.54, 1.807) is 10.6 Å². The van der Waals surface area contributed by atoms with E-state index in [1.165, 1.54) is 18.6 Å². The molecule has 1 aromatic heterocycles.